The first-order valence-corrected chi connectivity index (χ1v) is 7.88. The number of rotatable bonds is 7. The van der Waals surface area contributed by atoms with Gasteiger partial charge in [-0.15, -0.1) is 0 Å². The summed E-state index contributed by atoms with van der Waals surface area (Å²) >= 11 is 0. The van der Waals surface area contributed by atoms with Crippen molar-refractivity contribution in [3.05, 3.63) is 23.8 Å². The molecule has 1 aromatic carbocycles. The molecule has 6 nitrogen and oxygen atoms in total. The van der Waals surface area contributed by atoms with Crippen molar-refractivity contribution in [2.75, 3.05) is 19.3 Å². The number of nitrogens with one attached hydrogen (secondary N) is 2. The smallest absolute Gasteiger partial charge is 0.208 e. The lowest BCUT2D eigenvalue weighted by molar-refractivity contribution is 0.435. The van der Waals surface area contributed by atoms with Gasteiger partial charge in [0.2, 0.25) is 10.0 Å². The molecule has 0 amide bonds. The Kier molecular flexibility index (Phi) is 5.59. The van der Waals surface area contributed by atoms with E-state index in [4.69, 9.17) is 0 Å². The van der Waals surface area contributed by atoms with Gasteiger partial charge < -0.3 is 15.5 Å². The maximum atomic E-state index is 10.8. The monoisotopic (exact) mass is 288 g/mol. The number of hydrogen-bond acceptors (Lipinski definition) is 5. The van der Waals surface area contributed by atoms with Crippen LogP contribution >= 0.6 is 0 Å². The van der Waals surface area contributed by atoms with Gasteiger partial charge in [0.1, 0.15) is 11.5 Å². The van der Waals surface area contributed by atoms with Gasteiger partial charge >= 0.3 is 0 Å². The van der Waals surface area contributed by atoms with Crippen molar-refractivity contribution in [2.24, 2.45) is 0 Å². The Hall–Kier alpha value is -1.31. The zero-order valence-electron chi connectivity index (χ0n) is 11.0. The second-order valence-corrected chi connectivity index (χ2v) is 6.27. The highest BCUT2D eigenvalue weighted by molar-refractivity contribution is 7.88. The highest BCUT2D eigenvalue weighted by Crippen LogP contribution is 2.27. The van der Waals surface area contributed by atoms with Crippen LogP contribution in [0.4, 0.5) is 0 Å². The molecule has 0 radical (unpaired) electrons. The number of benzene rings is 1. The number of aromatic hydroxyl groups is 2. The lowest BCUT2D eigenvalue weighted by Gasteiger charge is -2.15. The molecule has 4 N–H and O–H groups in total. The Morgan fingerprint density at radius 1 is 1.26 bits per heavy atom. The van der Waals surface area contributed by atoms with Crippen LogP contribution in [0.2, 0.25) is 0 Å². The highest BCUT2D eigenvalue weighted by Gasteiger charge is 2.10. The summed E-state index contributed by atoms with van der Waals surface area (Å²) in [5, 5.41) is 22.0. The Morgan fingerprint density at radius 2 is 1.95 bits per heavy atom. The minimum Gasteiger partial charge on any atom is -0.508 e. The molecule has 0 aliphatic carbocycles. The predicted molar refractivity (Wildman–Crippen MR) is 73.7 cm³/mol. The average Bonchev–Trinajstić information content (AvgIpc) is 2.26. The standard InChI is InChI=1S/C12H20N2O4S/c1-9(11-5-4-10(15)8-12(11)16)13-6-3-7-14-19(2,17)18/h4-5,8-9,13-16H,3,6-7H2,1-2H3. The third-order valence-electron chi connectivity index (χ3n) is 2.65. The fourth-order valence-electron chi connectivity index (χ4n) is 1.67. The molecule has 1 rings (SSSR count). The van der Waals surface area contributed by atoms with Crippen molar-refractivity contribution in [1.29, 1.82) is 0 Å². The van der Waals surface area contributed by atoms with Gasteiger partial charge in [-0.2, -0.15) is 0 Å². The molecule has 1 aromatic rings. The summed E-state index contributed by atoms with van der Waals surface area (Å²) in [6.45, 7) is 2.88. The maximum Gasteiger partial charge on any atom is 0.208 e. The molecule has 0 fully saturated rings. The van der Waals surface area contributed by atoms with Gasteiger partial charge in [0, 0.05) is 24.2 Å². The zero-order valence-corrected chi connectivity index (χ0v) is 11.9. The lowest BCUT2D eigenvalue weighted by Crippen LogP contribution is -2.27. The van der Waals surface area contributed by atoms with Crippen LogP contribution in [0.3, 0.4) is 0 Å². The van der Waals surface area contributed by atoms with Crippen LogP contribution in [0.1, 0.15) is 24.9 Å². The van der Waals surface area contributed by atoms with Gasteiger partial charge in [-0.3, -0.25) is 0 Å². The molecule has 0 bridgehead atoms. The van der Waals surface area contributed by atoms with Crippen LogP contribution in [0.15, 0.2) is 18.2 Å². The van der Waals surface area contributed by atoms with Gasteiger partial charge in [-0.05, 0) is 26.0 Å². The molecule has 1 atom stereocenters. The Balaban J connectivity index is 2.37. The molecule has 7 heteroatoms. The van der Waals surface area contributed by atoms with Crippen molar-refractivity contribution >= 4 is 10.0 Å². The summed E-state index contributed by atoms with van der Waals surface area (Å²) in [5.74, 6) is 0.0556. The lowest BCUT2D eigenvalue weighted by atomic mass is 10.1. The van der Waals surface area contributed by atoms with Gasteiger partial charge in [0.05, 0.1) is 6.26 Å². The minimum atomic E-state index is -3.13. The quantitative estimate of drug-likeness (QED) is 0.553. The molecule has 0 spiro atoms. The summed E-state index contributed by atoms with van der Waals surface area (Å²) in [7, 11) is -3.13. The largest absolute Gasteiger partial charge is 0.508 e. The Labute approximate surface area is 113 Å². The first-order valence-electron chi connectivity index (χ1n) is 5.99. The van der Waals surface area contributed by atoms with Gasteiger partial charge in [0.15, 0.2) is 0 Å². The molecular formula is C12H20N2O4S. The first kappa shape index (κ1) is 15.7. The summed E-state index contributed by atoms with van der Waals surface area (Å²) in [6.07, 6.45) is 1.77. The predicted octanol–water partition coefficient (Wildman–Crippen LogP) is 0.688. The molecule has 108 valence electrons. The van der Waals surface area contributed by atoms with Crippen molar-refractivity contribution in [2.45, 2.75) is 19.4 Å². The second-order valence-electron chi connectivity index (χ2n) is 4.44. The molecule has 0 heterocycles. The van der Waals surface area contributed by atoms with E-state index in [0.29, 0.717) is 25.1 Å². The fraction of sp³-hybridized carbons (Fsp3) is 0.500. The molecule has 19 heavy (non-hydrogen) atoms. The molecular weight excluding hydrogens is 268 g/mol. The molecule has 0 aliphatic rings. The summed E-state index contributed by atoms with van der Waals surface area (Å²) < 4.78 is 24.1. The highest BCUT2D eigenvalue weighted by atomic mass is 32.2. The minimum absolute atomic E-state index is 0.0193. The number of phenolic OH excluding ortho intramolecular Hbond substituents is 2. The molecule has 0 saturated carbocycles. The van der Waals surface area contributed by atoms with Crippen LogP contribution in [-0.4, -0.2) is 38.0 Å². The van der Waals surface area contributed by atoms with E-state index in [1.54, 1.807) is 6.07 Å². The zero-order chi connectivity index (χ0) is 14.5. The van der Waals surface area contributed by atoms with E-state index in [0.717, 1.165) is 6.26 Å². The number of sulfonamides is 1. The molecule has 1 unspecified atom stereocenters. The van der Waals surface area contributed by atoms with Crippen molar-refractivity contribution < 1.29 is 18.6 Å². The van der Waals surface area contributed by atoms with Gasteiger partial charge in [-0.25, -0.2) is 13.1 Å². The first-order chi connectivity index (χ1) is 8.79. The second kappa shape index (κ2) is 6.74. The molecule has 0 aliphatic heterocycles. The van der Waals surface area contributed by atoms with Crippen LogP contribution in [0.5, 0.6) is 11.5 Å². The van der Waals surface area contributed by atoms with E-state index in [1.807, 2.05) is 6.92 Å². The van der Waals surface area contributed by atoms with Crippen LogP contribution in [0, 0.1) is 0 Å². The third-order valence-corrected chi connectivity index (χ3v) is 3.38. The summed E-state index contributed by atoms with van der Waals surface area (Å²) in [6, 6.07) is 4.37. The van der Waals surface area contributed by atoms with Crippen molar-refractivity contribution in [3.63, 3.8) is 0 Å². The molecule has 0 aromatic heterocycles. The maximum absolute atomic E-state index is 10.8. The number of phenols is 2. The SMILES string of the molecule is CC(NCCCNS(C)(=O)=O)c1ccc(O)cc1O. The van der Waals surface area contributed by atoms with Gasteiger partial charge in [0.25, 0.3) is 0 Å². The number of hydrogen-bond donors (Lipinski definition) is 4. The fourth-order valence-corrected chi connectivity index (χ4v) is 2.19. The van der Waals surface area contributed by atoms with Crippen LogP contribution in [-0.2, 0) is 10.0 Å². The van der Waals surface area contributed by atoms with Crippen molar-refractivity contribution in [1.82, 2.24) is 10.0 Å². The van der Waals surface area contributed by atoms with Crippen molar-refractivity contribution in [3.8, 4) is 11.5 Å². The molecule has 0 saturated heterocycles. The summed E-state index contributed by atoms with van der Waals surface area (Å²) in [5.41, 5.74) is 0.689. The van der Waals surface area contributed by atoms with Crippen LogP contribution < -0.4 is 10.0 Å². The van der Waals surface area contributed by atoms with Gasteiger partial charge in [-0.1, -0.05) is 6.07 Å². The van der Waals surface area contributed by atoms with E-state index in [1.165, 1.54) is 12.1 Å². The average molecular weight is 288 g/mol. The van der Waals surface area contributed by atoms with Crippen LogP contribution in [0.25, 0.3) is 0 Å². The Bertz CT molecular complexity index is 516. The summed E-state index contributed by atoms with van der Waals surface area (Å²) in [4.78, 5) is 0. The van der Waals surface area contributed by atoms with E-state index in [2.05, 4.69) is 10.0 Å². The normalized spacial score (nSPS) is 13.4. The van der Waals surface area contributed by atoms with E-state index >= 15 is 0 Å². The topological polar surface area (TPSA) is 98.7 Å². The van der Waals surface area contributed by atoms with E-state index < -0.39 is 10.0 Å². The van der Waals surface area contributed by atoms with E-state index in [9.17, 15) is 18.6 Å². The third kappa shape index (κ3) is 5.91. The Morgan fingerprint density at radius 3 is 2.53 bits per heavy atom. The van der Waals surface area contributed by atoms with E-state index in [-0.39, 0.29) is 17.5 Å².